The topological polar surface area (TPSA) is 56.9 Å². The molecule has 7 heteroatoms. The molecule has 0 aliphatic rings. The average molecular weight is 372 g/mol. The van der Waals surface area contributed by atoms with Crippen molar-refractivity contribution >= 4 is 22.7 Å². The molecule has 0 atom stereocenters. The van der Waals surface area contributed by atoms with Crippen LogP contribution in [0.4, 0.5) is 13.2 Å². The molecule has 0 saturated carbocycles. The predicted molar refractivity (Wildman–Crippen MR) is 94.0 cm³/mol. The Bertz CT molecular complexity index is 1000. The number of hydrogen-bond acceptors (Lipinski definition) is 4. The van der Waals surface area contributed by atoms with E-state index in [1.807, 2.05) is 30.3 Å². The Kier molecular flexibility index (Phi) is 4.78. The minimum atomic E-state index is -4.65. The zero-order valence-electron chi connectivity index (χ0n) is 13.2. The molecule has 1 heterocycles. The van der Waals surface area contributed by atoms with Gasteiger partial charge in [0, 0.05) is 16.5 Å². The lowest BCUT2D eigenvalue weighted by atomic mass is 10.0. The molecule has 3 rings (SSSR count). The van der Waals surface area contributed by atoms with Gasteiger partial charge in [0.05, 0.1) is 11.3 Å². The highest BCUT2D eigenvalue weighted by molar-refractivity contribution is 7.11. The van der Waals surface area contributed by atoms with Gasteiger partial charge in [-0.1, -0.05) is 48.5 Å². The number of aromatic nitrogens is 1. The van der Waals surface area contributed by atoms with E-state index in [1.165, 1.54) is 12.1 Å². The summed E-state index contributed by atoms with van der Waals surface area (Å²) in [6.45, 7) is 0. The number of hydrogen-bond donors (Lipinski definition) is 1. The van der Waals surface area contributed by atoms with Crippen molar-refractivity contribution in [2.75, 3.05) is 0 Å². The molecule has 1 aromatic heterocycles. The molecule has 0 fully saturated rings. The molecule has 0 bridgehead atoms. The van der Waals surface area contributed by atoms with Gasteiger partial charge in [0.2, 0.25) is 0 Å². The van der Waals surface area contributed by atoms with Crippen molar-refractivity contribution in [3.05, 3.63) is 76.1 Å². The van der Waals surface area contributed by atoms with E-state index in [1.54, 1.807) is 11.4 Å². The number of alkyl halides is 3. The molecule has 3 aromatic rings. The molecular weight excluding hydrogens is 361 g/mol. The summed E-state index contributed by atoms with van der Waals surface area (Å²) in [5, 5.41) is 21.6. The first-order chi connectivity index (χ1) is 12.4. The number of nitrogens with zero attached hydrogens (tertiary/aromatic N) is 2. The molecule has 2 aromatic carbocycles. The third kappa shape index (κ3) is 3.46. The van der Waals surface area contributed by atoms with Crippen molar-refractivity contribution in [3.8, 4) is 17.3 Å². The maximum absolute atomic E-state index is 13.2. The second kappa shape index (κ2) is 7.02. The zero-order chi connectivity index (χ0) is 18.7. The minimum absolute atomic E-state index is 0.154. The maximum Gasteiger partial charge on any atom is 0.417 e. The Labute approximate surface area is 151 Å². The first kappa shape index (κ1) is 17.7. The number of benzene rings is 2. The van der Waals surface area contributed by atoms with Crippen LogP contribution in [0.3, 0.4) is 0 Å². The summed E-state index contributed by atoms with van der Waals surface area (Å²) in [5.74, 6) is -0.741. The van der Waals surface area contributed by atoms with Gasteiger partial charge in [-0.25, -0.2) is 4.98 Å². The summed E-state index contributed by atoms with van der Waals surface area (Å²) in [6, 6.07) is 15.5. The molecular formula is C19H11F3N2OS. The first-order valence-electron chi connectivity index (χ1n) is 7.43. The van der Waals surface area contributed by atoms with Gasteiger partial charge in [-0.15, -0.1) is 11.3 Å². The molecule has 3 nitrogen and oxygen atoms in total. The summed E-state index contributed by atoms with van der Waals surface area (Å²) in [6.07, 6.45) is -4.65. The number of aliphatic hydroxyl groups excluding tert-OH is 1. The molecule has 0 aliphatic heterocycles. The van der Waals surface area contributed by atoms with Crippen LogP contribution in [0.1, 0.15) is 16.1 Å². The van der Waals surface area contributed by atoms with Crippen LogP contribution in [0.25, 0.3) is 22.6 Å². The predicted octanol–water partition coefficient (Wildman–Crippen LogP) is 5.78. The van der Waals surface area contributed by atoms with E-state index in [-0.39, 0.29) is 10.6 Å². The fourth-order valence-corrected chi connectivity index (χ4v) is 3.23. The number of nitriles is 1. The number of aliphatic hydroxyl groups is 1. The summed E-state index contributed by atoms with van der Waals surface area (Å²) in [5.41, 5.74) is -0.371. The van der Waals surface area contributed by atoms with Gasteiger partial charge in [0.15, 0.2) is 0 Å². The van der Waals surface area contributed by atoms with E-state index in [0.29, 0.717) is 5.69 Å². The second-order valence-corrected chi connectivity index (χ2v) is 6.14. The van der Waals surface area contributed by atoms with Gasteiger partial charge in [-0.05, 0) is 6.07 Å². The summed E-state index contributed by atoms with van der Waals surface area (Å²) >= 11 is 1.08. The molecule has 26 heavy (non-hydrogen) atoms. The third-order valence-electron chi connectivity index (χ3n) is 3.62. The van der Waals surface area contributed by atoms with Gasteiger partial charge in [-0.2, -0.15) is 18.4 Å². The summed E-state index contributed by atoms with van der Waals surface area (Å²) in [4.78, 5) is 4.29. The molecule has 1 N–H and O–H groups in total. The second-order valence-electron chi connectivity index (χ2n) is 5.28. The number of rotatable bonds is 3. The molecule has 0 aliphatic carbocycles. The Morgan fingerprint density at radius 3 is 2.35 bits per heavy atom. The Hall–Kier alpha value is -3.11. The highest BCUT2D eigenvalue weighted by Crippen LogP contribution is 2.37. The van der Waals surface area contributed by atoms with Crippen LogP contribution in [0.5, 0.6) is 0 Å². The van der Waals surface area contributed by atoms with Gasteiger partial charge in [0.1, 0.15) is 22.4 Å². The Morgan fingerprint density at radius 1 is 1.04 bits per heavy atom. The maximum atomic E-state index is 13.2. The molecule has 0 unspecified atom stereocenters. The molecule has 0 amide bonds. The lowest BCUT2D eigenvalue weighted by Gasteiger charge is -2.12. The van der Waals surface area contributed by atoms with Crippen LogP contribution >= 0.6 is 11.3 Å². The van der Waals surface area contributed by atoms with Crippen molar-refractivity contribution in [1.82, 2.24) is 4.98 Å². The molecule has 0 radical (unpaired) electrons. The fourth-order valence-electron chi connectivity index (χ4n) is 2.40. The highest BCUT2D eigenvalue weighted by Gasteiger charge is 2.34. The van der Waals surface area contributed by atoms with Crippen molar-refractivity contribution in [3.63, 3.8) is 0 Å². The molecule has 0 saturated heterocycles. The summed E-state index contributed by atoms with van der Waals surface area (Å²) < 4.78 is 39.5. The van der Waals surface area contributed by atoms with Gasteiger partial charge in [0.25, 0.3) is 0 Å². The molecule has 0 spiro atoms. The SMILES string of the molecule is N#CC(=C(O)c1ccccc1C(F)(F)F)c1nc(-c2ccccc2)cs1. The van der Waals surface area contributed by atoms with Crippen LogP contribution in [0.15, 0.2) is 60.0 Å². The highest BCUT2D eigenvalue weighted by atomic mass is 32.1. The zero-order valence-corrected chi connectivity index (χ0v) is 14.0. The quantitative estimate of drug-likeness (QED) is 0.468. The van der Waals surface area contributed by atoms with E-state index in [9.17, 15) is 23.5 Å². The van der Waals surface area contributed by atoms with E-state index >= 15 is 0 Å². The van der Waals surface area contributed by atoms with Crippen LogP contribution in [0.2, 0.25) is 0 Å². The lowest BCUT2D eigenvalue weighted by molar-refractivity contribution is -0.137. The van der Waals surface area contributed by atoms with Gasteiger partial charge < -0.3 is 5.11 Å². The van der Waals surface area contributed by atoms with Crippen molar-refractivity contribution in [2.24, 2.45) is 0 Å². The van der Waals surface area contributed by atoms with Crippen LogP contribution in [-0.4, -0.2) is 10.1 Å². The largest absolute Gasteiger partial charge is 0.506 e. The van der Waals surface area contributed by atoms with E-state index < -0.39 is 23.1 Å². The van der Waals surface area contributed by atoms with E-state index in [0.717, 1.165) is 29.0 Å². The van der Waals surface area contributed by atoms with Crippen molar-refractivity contribution in [1.29, 1.82) is 5.26 Å². The van der Waals surface area contributed by atoms with Crippen LogP contribution < -0.4 is 0 Å². The van der Waals surface area contributed by atoms with Gasteiger partial charge in [-0.3, -0.25) is 0 Å². The Morgan fingerprint density at radius 2 is 1.69 bits per heavy atom. The van der Waals surface area contributed by atoms with Gasteiger partial charge >= 0.3 is 6.18 Å². The number of thiazole rings is 1. The van der Waals surface area contributed by atoms with Crippen LogP contribution in [0, 0.1) is 11.3 Å². The number of halogens is 3. The van der Waals surface area contributed by atoms with Crippen molar-refractivity contribution < 1.29 is 18.3 Å². The summed E-state index contributed by atoms with van der Waals surface area (Å²) in [7, 11) is 0. The third-order valence-corrected chi connectivity index (χ3v) is 4.48. The van der Waals surface area contributed by atoms with Crippen LogP contribution in [-0.2, 0) is 6.18 Å². The first-order valence-corrected chi connectivity index (χ1v) is 8.31. The normalized spacial score (nSPS) is 12.4. The minimum Gasteiger partial charge on any atom is -0.506 e. The number of allylic oxidation sites excluding steroid dienone is 1. The van der Waals surface area contributed by atoms with Crippen molar-refractivity contribution in [2.45, 2.75) is 6.18 Å². The lowest BCUT2D eigenvalue weighted by Crippen LogP contribution is -2.09. The Balaban J connectivity index is 2.10. The molecule has 130 valence electrons. The smallest absolute Gasteiger partial charge is 0.417 e. The standard InChI is InChI=1S/C19H11F3N2OS/c20-19(21,22)15-9-5-4-8-13(15)17(25)14(10-23)18-24-16(11-26-18)12-6-2-1-3-7-12/h1-9,11,25H. The fraction of sp³-hybridized carbons (Fsp3) is 0.0526. The monoisotopic (exact) mass is 372 g/mol. The van der Waals surface area contributed by atoms with E-state index in [4.69, 9.17) is 0 Å². The van der Waals surface area contributed by atoms with E-state index in [2.05, 4.69) is 4.98 Å². The average Bonchev–Trinajstić information content (AvgIpc) is 3.12.